The van der Waals surface area contributed by atoms with Crippen LogP contribution in [0.1, 0.15) is 27.9 Å². The van der Waals surface area contributed by atoms with Gasteiger partial charge in [-0.3, -0.25) is 4.79 Å². The van der Waals surface area contributed by atoms with Crippen LogP contribution < -0.4 is 10.3 Å². The van der Waals surface area contributed by atoms with E-state index in [1.165, 1.54) is 22.0 Å². The Balaban J connectivity index is 2.04. The molecular formula is C15H17NO4S. The first-order valence-corrected chi connectivity index (χ1v) is 7.57. The van der Waals surface area contributed by atoms with Gasteiger partial charge in [0.25, 0.3) is 5.56 Å². The van der Waals surface area contributed by atoms with E-state index in [2.05, 4.69) is 0 Å². The quantitative estimate of drug-likeness (QED) is 0.854. The van der Waals surface area contributed by atoms with Crippen LogP contribution in [-0.2, 0) is 13.0 Å². The molecule has 0 amide bonds. The van der Waals surface area contributed by atoms with Crippen molar-refractivity contribution in [3.05, 3.63) is 50.6 Å². The average molecular weight is 307 g/mol. The lowest BCUT2D eigenvalue weighted by atomic mass is 10.3. The highest BCUT2D eigenvalue weighted by molar-refractivity contribution is 7.14. The van der Waals surface area contributed by atoms with E-state index in [0.29, 0.717) is 12.3 Å². The maximum absolute atomic E-state index is 11.5. The Morgan fingerprint density at radius 2 is 2.24 bits per heavy atom. The predicted octanol–water partition coefficient (Wildman–Crippen LogP) is 2.64. The second kappa shape index (κ2) is 7.08. The molecule has 2 aromatic heterocycles. The molecule has 21 heavy (non-hydrogen) atoms. The molecular weight excluding hydrogens is 290 g/mol. The molecule has 0 saturated carbocycles. The third-order valence-corrected chi connectivity index (χ3v) is 4.09. The fraction of sp³-hybridized carbons (Fsp3) is 0.333. The molecule has 0 bridgehead atoms. The number of pyridine rings is 1. The third-order valence-electron chi connectivity index (χ3n) is 2.93. The molecule has 0 fully saturated rings. The highest BCUT2D eigenvalue weighted by atomic mass is 32.1. The van der Waals surface area contributed by atoms with Crippen molar-refractivity contribution < 1.29 is 14.6 Å². The highest BCUT2D eigenvalue weighted by Crippen LogP contribution is 2.30. The zero-order chi connectivity index (χ0) is 15.2. The van der Waals surface area contributed by atoms with E-state index in [-0.39, 0.29) is 17.0 Å². The number of aromatic nitrogens is 1. The molecule has 2 rings (SSSR count). The Morgan fingerprint density at radius 1 is 1.43 bits per heavy atom. The van der Waals surface area contributed by atoms with Gasteiger partial charge < -0.3 is 14.4 Å². The molecule has 0 aromatic carbocycles. The molecule has 0 aliphatic rings. The molecule has 0 atom stereocenters. The molecule has 0 spiro atoms. The number of carboxylic acids is 1. The normalized spacial score (nSPS) is 10.5. The summed E-state index contributed by atoms with van der Waals surface area (Å²) in [5.74, 6) is -0.589. The van der Waals surface area contributed by atoms with E-state index >= 15 is 0 Å². The minimum Gasteiger partial charge on any atom is -0.490 e. The molecule has 0 aliphatic heterocycles. The van der Waals surface area contributed by atoms with Crippen molar-refractivity contribution in [1.29, 1.82) is 0 Å². The molecule has 2 heterocycles. The number of aromatic carboxylic acids is 1. The molecule has 0 unspecified atom stereocenters. The lowest BCUT2D eigenvalue weighted by Gasteiger charge is -2.07. The van der Waals surface area contributed by atoms with Gasteiger partial charge in [-0.25, -0.2) is 4.79 Å². The van der Waals surface area contributed by atoms with Gasteiger partial charge in [0.15, 0.2) is 4.88 Å². The van der Waals surface area contributed by atoms with Crippen LogP contribution in [0, 0.1) is 0 Å². The molecule has 2 aromatic rings. The Hall–Kier alpha value is -2.08. The number of carbonyl (C=O) groups is 1. The zero-order valence-electron chi connectivity index (χ0n) is 11.7. The Morgan fingerprint density at radius 3 is 2.90 bits per heavy atom. The van der Waals surface area contributed by atoms with Crippen LogP contribution in [-0.4, -0.2) is 22.2 Å². The van der Waals surface area contributed by atoms with Gasteiger partial charge >= 0.3 is 5.97 Å². The first kappa shape index (κ1) is 15.3. The lowest BCUT2D eigenvalue weighted by molar-refractivity contribution is 0.0698. The van der Waals surface area contributed by atoms with E-state index in [0.717, 1.165) is 17.7 Å². The summed E-state index contributed by atoms with van der Waals surface area (Å²) in [6, 6.07) is 6.71. The van der Waals surface area contributed by atoms with Crippen LogP contribution in [0.25, 0.3) is 0 Å². The lowest BCUT2D eigenvalue weighted by Crippen LogP contribution is -2.21. The molecule has 0 aliphatic carbocycles. The molecule has 0 saturated heterocycles. The van der Waals surface area contributed by atoms with Crippen LogP contribution >= 0.6 is 11.3 Å². The number of nitrogens with zero attached hydrogens (tertiary/aromatic N) is 1. The van der Waals surface area contributed by atoms with E-state index in [1.54, 1.807) is 24.4 Å². The van der Waals surface area contributed by atoms with E-state index in [1.807, 2.05) is 6.92 Å². The summed E-state index contributed by atoms with van der Waals surface area (Å²) < 4.78 is 7.08. The standard InChI is InChI=1S/C15H17NO4S/c1-2-5-11-10-12(14(21-11)15(18)19)20-9-8-16-7-4-3-6-13(16)17/h3-4,6-7,10H,2,5,8-9H2,1H3,(H,18,19). The van der Waals surface area contributed by atoms with Gasteiger partial charge in [0.2, 0.25) is 0 Å². The van der Waals surface area contributed by atoms with Gasteiger partial charge in [0, 0.05) is 17.1 Å². The highest BCUT2D eigenvalue weighted by Gasteiger charge is 2.16. The van der Waals surface area contributed by atoms with Crippen LogP contribution in [0.5, 0.6) is 5.75 Å². The van der Waals surface area contributed by atoms with Crippen molar-refractivity contribution >= 4 is 17.3 Å². The maximum atomic E-state index is 11.5. The van der Waals surface area contributed by atoms with Crippen LogP contribution in [0.3, 0.4) is 0 Å². The smallest absolute Gasteiger partial charge is 0.349 e. The first-order valence-electron chi connectivity index (χ1n) is 6.76. The third kappa shape index (κ3) is 3.95. The van der Waals surface area contributed by atoms with E-state index < -0.39 is 5.97 Å². The van der Waals surface area contributed by atoms with Crippen molar-refractivity contribution in [2.24, 2.45) is 0 Å². The fourth-order valence-electron chi connectivity index (χ4n) is 1.95. The minimum atomic E-state index is -0.978. The monoisotopic (exact) mass is 307 g/mol. The number of hydrogen-bond acceptors (Lipinski definition) is 4. The van der Waals surface area contributed by atoms with Crippen LogP contribution in [0.15, 0.2) is 35.3 Å². The summed E-state index contributed by atoms with van der Waals surface area (Å²) in [6.45, 7) is 2.69. The zero-order valence-corrected chi connectivity index (χ0v) is 12.6. The second-order valence-electron chi connectivity index (χ2n) is 4.54. The summed E-state index contributed by atoms with van der Waals surface area (Å²) in [6.07, 6.45) is 3.48. The largest absolute Gasteiger partial charge is 0.490 e. The minimum absolute atomic E-state index is 0.100. The van der Waals surface area contributed by atoms with Gasteiger partial charge in [-0.1, -0.05) is 19.4 Å². The number of rotatable bonds is 7. The predicted molar refractivity (Wildman–Crippen MR) is 81.5 cm³/mol. The number of carboxylic acid groups (broad SMARTS) is 1. The molecule has 112 valence electrons. The number of thiophene rings is 1. The van der Waals surface area contributed by atoms with Crippen molar-refractivity contribution in [2.45, 2.75) is 26.3 Å². The molecule has 6 heteroatoms. The van der Waals surface area contributed by atoms with E-state index in [9.17, 15) is 14.7 Å². The summed E-state index contributed by atoms with van der Waals surface area (Å²) in [5.41, 5.74) is -0.100. The topological polar surface area (TPSA) is 68.5 Å². The maximum Gasteiger partial charge on any atom is 0.349 e. The summed E-state index contributed by atoms with van der Waals surface area (Å²) in [5, 5.41) is 9.18. The number of aryl methyl sites for hydroxylation is 1. The fourth-order valence-corrected chi connectivity index (χ4v) is 2.99. The van der Waals surface area contributed by atoms with Gasteiger partial charge in [-0.15, -0.1) is 11.3 Å². The van der Waals surface area contributed by atoms with Crippen LogP contribution in [0.4, 0.5) is 0 Å². The van der Waals surface area contributed by atoms with Gasteiger partial charge in [-0.05, 0) is 18.6 Å². The number of hydrogen-bond donors (Lipinski definition) is 1. The van der Waals surface area contributed by atoms with E-state index in [4.69, 9.17) is 4.74 Å². The molecule has 1 N–H and O–H groups in total. The van der Waals surface area contributed by atoms with Crippen molar-refractivity contribution in [1.82, 2.24) is 4.57 Å². The van der Waals surface area contributed by atoms with Crippen molar-refractivity contribution in [3.8, 4) is 5.75 Å². The van der Waals surface area contributed by atoms with Gasteiger partial charge in [0.05, 0.1) is 6.54 Å². The Labute approximate surface area is 126 Å². The van der Waals surface area contributed by atoms with Crippen LogP contribution in [0.2, 0.25) is 0 Å². The summed E-state index contributed by atoms with van der Waals surface area (Å²) in [7, 11) is 0. The SMILES string of the molecule is CCCc1cc(OCCn2ccccc2=O)c(C(=O)O)s1. The van der Waals surface area contributed by atoms with Crippen molar-refractivity contribution in [2.75, 3.05) is 6.61 Å². The van der Waals surface area contributed by atoms with Gasteiger partial charge in [-0.2, -0.15) is 0 Å². The summed E-state index contributed by atoms with van der Waals surface area (Å²) >= 11 is 1.25. The second-order valence-corrected chi connectivity index (χ2v) is 5.68. The molecule has 0 radical (unpaired) electrons. The van der Waals surface area contributed by atoms with Gasteiger partial charge in [0.1, 0.15) is 12.4 Å². The average Bonchev–Trinajstić information content (AvgIpc) is 2.85. The van der Waals surface area contributed by atoms with Crippen molar-refractivity contribution in [3.63, 3.8) is 0 Å². The number of ether oxygens (including phenoxy) is 1. The summed E-state index contributed by atoms with van der Waals surface area (Å²) in [4.78, 5) is 24.0. The first-order chi connectivity index (χ1) is 10.1. The Bertz CT molecular complexity index is 674. The molecule has 5 nitrogen and oxygen atoms in total. The Kier molecular flexibility index (Phi) is 5.16.